The number of nitrogen functional groups attached to an aromatic ring is 1. The monoisotopic (exact) mass is 241 g/mol. The molecule has 94 valence electrons. The van der Waals surface area contributed by atoms with Crippen molar-refractivity contribution < 1.29 is 0 Å². The molecule has 0 radical (unpaired) electrons. The summed E-state index contributed by atoms with van der Waals surface area (Å²) in [4.78, 5) is 6.87. The largest absolute Gasteiger partial charge is 0.397 e. The minimum absolute atomic E-state index is 0.764. The van der Waals surface area contributed by atoms with Crippen molar-refractivity contribution >= 4 is 22.3 Å². The van der Waals surface area contributed by atoms with Gasteiger partial charge in [0, 0.05) is 30.4 Å². The van der Waals surface area contributed by atoms with E-state index in [-0.39, 0.29) is 0 Å². The van der Waals surface area contributed by atoms with Crippen molar-refractivity contribution in [1.29, 1.82) is 0 Å². The lowest BCUT2D eigenvalue weighted by Gasteiger charge is -2.20. The summed E-state index contributed by atoms with van der Waals surface area (Å²) in [6.07, 6.45) is 4.43. The maximum absolute atomic E-state index is 6.00. The zero-order chi connectivity index (χ0) is 12.5. The molecular formula is C15H19N3. The van der Waals surface area contributed by atoms with Crippen molar-refractivity contribution in [1.82, 2.24) is 4.98 Å². The SMILES string of the molecule is CCC1CCN(c2ccnc3c(N)cccc23)C1. The van der Waals surface area contributed by atoms with E-state index in [4.69, 9.17) is 5.73 Å². The van der Waals surface area contributed by atoms with Gasteiger partial charge in [0.25, 0.3) is 0 Å². The quantitative estimate of drug-likeness (QED) is 0.822. The number of pyridine rings is 1. The Hall–Kier alpha value is -1.77. The molecule has 1 aromatic carbocycles. The second-order valence-electron chi connectivity index (χ2n) is 5.08. The summed E-state index contributed by atoms with van der Waals surface area (Å²) in [5.41, 5.74) is 8.97. The van der Waals surface area contributed by atoms with Gasteiger partial charge in [0.15, 0.2) is 0 Å². The highest BCUT2D eigenvalue weighted by Crippen LogP contribution is 2.32. The van der Waals surface area contributed by atoms with Crippen LogP contribution in [0.2, 0.25) is 0 Å². The van der Waals surface area contributed by atoms with Crippen molar-refractivity contribution in [2.75, 3.05) is 23.7 Å². The number of rotatable bonds is 2. The lowest BCUT2D eigenvalue weighted by molar-refractivity contribution is 0.569. The number of para-hydroxylation sites is 1. The van der Waals surface area contributed by atoms with Crippen LogP contribution in [-0.2, 0) is 0 Å². The molecule has 1 atom stereocenters. The molecule has 0 bridgehead atoms. The van der Waals surface area contributed by atoms with Gasteiger partial charge in [0.05, 0.1) is 11.2 Å². The van der Waals surface area contributed by atoms with Gasteiger partial charge in [-0.1, -0.05) is 25.5 Å². The third-order valence-corrected chi connectivity index (χ3v) is 3.98. The summed E-state index contributed by atoms with van der Waals surface area (Å²) < 4.78 is 0. The molecule has 0 spiro atoms. The van der Waals surface area contributed by atoms with Gasteiger partial charge in [-0.05, 0) is 24.5 Å². The number of benzene rings is 1. The van der Waals surface area contributed by atoms with Crippen molar-refractivity contribution in [3.63, 3.8) is 0 Å². The van der Waals surface area contributed by atoms with Crippen LogP contribution in [0.5, 0.6) is 0 Å². The second kappa shape index (κ2) is 4.48. The molecule has 2 N–H and O–H groups in total. The van der Waals surface area contributed by atoms with Crippen LogP contribution < -0.4 is 10.6 Å². The predicted octanol–water partition coefficient (Wildman–Crippen LogP) is 3.05. The van der Waals surface area contributed by atoms with E-state index in [2.05, 4.69) is 28.9 Å². The Labute approximate surface area is 108 Å². The summed E-state index contributed by atoms with van der Waals surface area (Å²) in [7, 11) is 0. The summed E-state index contributed by atoms with van der Waals surface area (Å²) >= 11 is 0. The van der Waals surface area contributed by atoms with Crippen molar-refractivity contribution in [3.8, 4) is 0 Å². The van der Waals surface area contributed by atoms with Crippen LogP contribution in [0.4, 0.5) is 11.4 Å². The first-order valence-corrected chi connectivity index (χ1v) is 6.67. The number of nitrogens with zero attached hydrogens (tertiary/aromatic N) is 2. The molecule has 0 aliphatic carbocycles. The molecule has 18 heavy (non-hydrogen) atoms. The van der Waals surface area contributed by atoms with Crippen LogP contribution in [0.25, 0.3) is 10.9 Å². The van der Waals surface area contributed by atoms with E-state index in [0.717, 1.165) is 30.2 Å². The van der Waals surface area contributed by atoms with Gasteiger partial charge in [-0.25, -0.2) is 0 Å². The molecule has 3 nitrogen and oxygen atoms in total. The van der Waals surface area contributed by atoms with Gasteiger partial charge in [-0.2, -0.15) is 0 Å². The van der Waals surface area contributed by atoms with Crippen molar-refractivity contribution in [3.05, 3.63) is 30.5 Å². The molecule has 1 unspecified atom stereocenters. The Morgan fingerprint density at radius 2 is 2.28 bits per heavy atom. The molecule has 3 heteroatoms. The first-order valence-electron chi connectivity index (χ1n) is 6.67. The maximum atomic E-state index is 6.00. The van der Waals surface area contributed by atoms with Crippen LogP contribution in [0.3, 0.4) is 0 Å². The summed E-state index contributed by atoms with van der Waals surface area (Å²) in [6, 6.07) is 8.15. The Balaban J connectivity index is 2.05. The fourth-order valence-electron chi connectivity index (χ4n) is 2.84. The van der Waals surface area contributed by atoms with Gasteiger partial charge >= 0.3 is 0 Å². The lowest BCUT2D eigenvalue weighted by Crippen LogP contribution is -2.19. The first kappa shape index (κ1) is 11.3. The zero-order valence-electron chi connectivity index (χ0n) is 10.8. The van der Waals surface area contributed by atoms with Crippen molar-refractivity contribution in [2.24, 2.45) is 5.92 Å². The van der Waals surface area contributed by atoms with Crippen LogP contribution in [0.15, 0.2) is 30.5 Å². The Morgan fingerprint density at radius 1 is 1.39 bits per heavy atom. The molecule has 1 saturated heterocycles. The molecule has 0 amide bonds. The minimum Gasteiger partial charge on any atom is -0.397 e. The average Bonchev–Trinajstić information content (AvgIpc) is 2.87. The highest BCUT2D eigenvalue weighted by atomic mass is 15.2. The Bertz CT molecular complexity index is 565. The molecule has 0 saturated carbocycles. The number of anilines is 2. The first-order chi connectivity index (χ1) is 8.79. The van der Waals surface area contributed by atoms with E-state index >= 15 is 0 Å². The van der Waals surface area contributed by atoms with Gasteiger partial charge in [0.1, 0.15) is 0 Å². The number of fused-ring (bicyclic) bond motifs is 1. The number of hydrogen-bond acceptors (Lipinski definition) is 3. The number of aromatic nitrogens is 1. The summed E-state index contributed by atoms with van der Waals surface area (Å²) in [5, 5.41) is 1.18. The molecule has 1 fully saturated rings. The molecule has 2 aromatic rings. The lowest BCUT2D eigenvalue weighted by atomic mass is 10.1. The van der Waals surface area contributed by atoms with Crippen LogP contribution >= 0.6 is 0 Å². The van der Waals surface area contributed by atoms with Gasteiger partial charge in [-0.3, -0.25) is 4.98 Å². The van der Waals surface area contributed by atoms with Crippen LogP contribution in [0, 0.1) is 5.92 Å². The summed E-state index contributed by atoms with van der Waals surface area (Å²) in [6.45, 7) is 4.58. The van der Waals surface area contributed by atoms with E-state index in [0.29, 0.717) is 0 Å². The third-order valence-electron chi connectivity index (χ3n) is 3.98. The van der Waals surface area contributed by atoms with E-state index in [1.807, 2.05) is 18.3 Å². The standard InChI is InChI=1S/C15H19N3/c1-2-11-7-9-18(10-11)14-6-8-17-15-12(14)4-3-5-13(15)16/h3-6,8,11H,2,7,9-10,16H2,1H3. The molecule has 3 rings (SSSR count). The topological polar surface area (TPSA) is 42.2 Å². The summed E-state index contributed by atoms with van der Waals surface area (Å²) in [5.74, 6) is 0.828. The number of hydrogen-bond donors (Lipinski definition) is 1. The average molecular weight is 241 g/mol. The highest BCUT2D eigenvalue weighted by Gasteiger charge is 2.22. The maximum Gasteiger partial charge on any atom is 0.0951 e. The molecule has 1 aliphatic heterocycles. The fraction of sp³-hybridized carbons (Fsp3) is 0.400. The minimum atomic E-state index is 0.764. The zero-order valence-corrected chi connectivity index (χ0v) is 10.8. The predicted molar refractivity (Wildman–Crippen MR) is 76.8 cm³/mol. The van der Waals surface area contributed by atoms with Crippen LogP contribution in [0.1, 0.15) is 19.8 Å². The van der Waals surface area contributed by atoms with Crippen LogP contribution in [-0.4, -0.2) is 18.1 Å². The van der Waals surface area contributed by atoms with E-state index < -0.39 is 0 Å². The van der Waals surface area contributed by atoms with E-state index in [1.54, 1.807) is 0 Å². The molecule has 1 aliphatic rings. The second-order valence-corrected chi connectivity index (χ2v) is 5.08. The molecule has 1 aromatic heterocycles. The van der Waals surface area contributed by atoms with Gasteiger partial charge < -0.3 is 10.6 Å². The van der Waals surface area contributed by atoms with E-state index in [9.17, 15) is 0 Å². The fourth-order valence-corrected chi connectivity index (χ4v) is 2.84. The Kier molecular flexibility index (Phi) is 2.82. The number of nitrogens with two attached hydrogens (primary N) is 1. The third kappa shape index (κ3) is 1.80. The Morgan fingerprint density at radius 3 is 3.06 bits per heavy atom. The highest BCUT2D eigenvalue weighted by molar-refractivity contribution is 5.98. The van der Waals surface area contributed by atoms with E-state index in [1.165, 1.54) is 23.9 Å². The smallest absolute Gasteiger partial charge is 0.0951 e. The molecular weight excluding hydrogens is 222 g/mol. The van der Waals surface area contributed by atoms with Gasteiger partial charge in [-0.15, -0.1) is 0 Å². The molecule has 2 heterocycles. The normalized spacial score (nSPS) is 19.6. The van der Waals surface area contributed by atoms with Gasteiger partial charge in [0.2, 0.25) is 0 Å². The van der Waals surface area contributed by atoms with Crippen molar-refractivity contribution in [2.45, 2.75) is 19.8 Å².